The normalized spacial score (nSPS) is 29.1. The Bertz CT molecular complexity index is 548. The maximum Gasteiger partial charge on any atom is 0.119 e. The summed E-state index contributed by atoms with van der Waals surface area (Å²) in [6, 6.07) is 8.87. The topological polar surface area (TPSA) is 9.23 Å². The van der Waals surface area contributed by atoms with Gasteiger partial charge < -0.3 is 4.74 Å². The minimum absolute atomic E-state index is 0.704. The molecule has 2 saturated carbocycles. The van der Waals surface area contributed by atoms with Crippen LogP contribution in [0.3, 0.4) is 0 Å². The summed E-state index contributed by atoms with van der Waals surface area (Å²) in [6.07, 6.45) is 16.6. The molecule has 0 spiro atoms. The average Bonchev–Trinajstić information content (AvgIpc) is 2.73. The SMILES string of the molecule is CCCOc1ccc(C2CCC(C3CCC(CCC=CF)CC3)CC2)cc1. The molecule has 0 aliphatic heterocycles. The Kier molecular flexibility index (Phi) is 8.23. The van der Waals surface area contributed by atoms with Gasteiger partial charge in [0.2, 0.25) is 0 Å². The van der Waals surface area contributed by atoms with Gasteiger partial charge in [0.05, 0.1) is 12.9 Å². The molecule has 1 aromatic rings. The summed E-state index contributed by atoms with van der Waals surface area (Å²) in [7, 11) is 0. The standard InChI is InChI=1S/C25H37FO/c1-2-19-27-25-16-14-24(15-17-25)23-12-10-22(11-13-23)21-8-6-20(7-9-21)5-3-4-18-26/h4,14-18,20-23H,2-3,5-13,19H2,1H3. The largest absolute Gasteiger partial charge is 0.494 e. The maximum atomic E-state index is 12.1. The highest BCUT2D eigenvalue weighted by molar-refractivity contribution is 5.29. The predicted octanol–water partition coefficient (Wildman–Crippen LogP) is 7.82. The van der Waals surface area contributed by atoms with Gasteiger partial charge in [0.1, 0.15) is 5.75 Å². The molecule has 2 fully saturated rings. The van der Waals surface area contributed by atoms with Gasteiger partial charge in [0.25, 0.3) is 0 Å². The molecule has 0 heterocycles. The molecular weight excluding hydrogens is 335 g/mol. The van der Waals surface area contributed by atoms with E-state index in [-0.39, 0.29) is 0 Å². The van der Waals surface area contributed by atoms with Crippen molar-refractivity contribution in [3.05, 3.63) is 42.2 Å². The summed E-state index contributed by atoms with van der Waals surface area (Å²) < 4.78 is 17.8. The molecule has 0 atom stereocenters. The molecule has 0 amide bonds. The van der Waals surface area contributed by atoms with E-state index in [9.17, 15) is 4.39 Å². The van der Waals surface area contributed by atoms with Gasteiger partial charge in [-0.3, -0.25) is 0 Å². The molecule has 0 N–H and O–H groups in total. The van der Waals surface area contributed by atoms with Crippen LogP contribution in [-0.2, 0) is 0 Å². The van der Waals surface area contributed by atoms with Gasteiger partial charge in [-0.1, -0.05) is 38.0 Å². The average molecular weight is 373 g/mol. The van der Waals surface area contributed by atoms with Gasteiger partial charge in [-0.05, 0) is 99.2 Å². The van der Waals surface area contributed by atoms with Crippen LogP contribution in [0.15, 0.2) is 36.7 Å². The van der Waals surface area contributed by atoms with Crippen molar-refractivity contribution in [2.24, 2.45) is 17.8 Å². The van der Waals surface area contributed by atoms with Gasteiger partial charge in [-0.2, -0.15) is 0 Å². The van der Waals surface area contributed by atoms with Crippen molar-refractivity contribution < 1.29 is 9.13 Å². The van der Waals surface area contributed by atoms with E-state index in [1.165, 1.54) is 63.4 Å². The van der Waals surface area contributed by atoms with Crippen molar-refractivity contribution in [1.82, 2.24) is 0 Å². The minimum atomic E-state index is 0.704. The Hall–Kier alpha value is -1.31. The van der Waals surface area contributed by atoms with Crippen molar-refractivity contribution in [2.75, 3.05) is 6.61 Å². The lowest BCUT2D eigenvalue weighted by atomic mass is 9.68. The minimum Gasteiger partial charge on any atom is -0.494 e. The lowest BCUT2D eigenvalue weighted by Gasteiger charge is -2.38. The number of hydrogen-bond donors (Lipinski definition) is 0. The number of rotatable bonds is 8. The summed E-state index contributed by atoms with van der Waals surface area (Å²) >= 11 is 0. The third-order valence-corrected chi connectivity index (χ3v) is 6.98. The number of ether oxygens (including phenoxy) is 1. The van der Waals surface area contributed by atoms with E-state index in [1.807, 2.05) is 0 Å². The number of benzene rings is 1. The zero-order valence-electron chi connectivity index (χ0n) is 17.0. The first kappa shape index (κ1) is 20.4. The molecule has 2 aliphatic carbocycles. The molecule has 0 aromatic heterocycles. The van der Waals surface area contributed by atoms with Gasteiger partial charge >= 0.3 is 0 Å². The van der Waals surface area contributed by atoms with Crippen LogP contribution in [0.5, 0.6) is 5.75 Å². The van der Waals surface area contributed by atoms with Gasteiger partial charge in [0.15, 0.2) is 0 Å². The quantitative estimate of drug-likeness (QED) is 0.452. The molecule has 2 aliphatic rings. The summed E-state index contributed by atoms with van der Waals surface area (Å²) in [5.41, 5.74) is 1.50. The Morgan fingerprint density at radius 1 is 0.926 bits per heavy atom. The fraction of sp³-hybridized carbons (Fsp3) is 0.680. The molecule has 1 nitrogen and oxygen atoms in total. The molecule has 150 valence electrons. The Labute approximate surface area is 165 Å². The molecule has 27 heavy (non-hydrogen) atoms. The monoisotopic (exact) mass is 372 g/mol. The van der Waals surface area contributed by atoms with Crippen LogP contribution in [0.4, 0.5) is 4.39 Å². The fourth-order valence-electron chi connectivity index (χ4n) is 5.32. The van der Waals surface area contributed by atoms with Crippen LogP contribution in [0.25, 0.3) is 0 Å². The van der Waals surface area contributed by atoms with Crippen LogP contribution < -0.4 is 4.74 Å². The van der Waals surface area contributed by atoms with Crippen LogP contribution in [-0.4, -0.2) is 6.61 Å². The second kappa shape index (κ2) is 10.9. The summed E-state index contributed by atoms with van der Waals surface area (Å²) in [6.45, 7) is 2.95. The summed E-state index contributed by atoms with van der Waals surface area (Å²) in [4.78, 5) is 0. The smallest absolute Gasteiger partial charge is 0.119 e. The molecule has 3 rings (SSSR count). The second-order valence-corrected chi connectivity index (χ2v) is 8.75. The first-order valence-corrected chi connectivity index (χ1v) is 11.3. The van der Waals surface area contributed by atoms with Crippen LogP contribution in [0.2, 0.25) is 0 Å². The van der Waals surface area contributed by atoms with E-state index in [2.05, 4.69) is 31.2 Å². The number of halogens is 1. The highest BCUT2D eigenvalue weighted by atomic mass is 19.1. The Morgan fingerprint density at radius 3 is 2.15 bits per heavy atom. The van der Waals surface area contributed by atoms with E-state index in [0.717, 1.165) is 48.9 Å². The van der Waals surface area contributed by atoms with E-state index in [0.29, 0.717) is 6.33 Å². The van der Waals surface area contributed by atoms with E-state index in [1.54, 1.807) is 6.08 Å². The number of hydrogen-bond acceptors (Lipinski definition) is 1. The molecular formula is C25H37FO. The second-order valence-electron chi connectivity index (χ2n) is 8.75. The van der Waals surface area contributed by atoms with Crippen molar-refractivity contribution >= 4 is 0 Å². The van der Waals surface area contributed by atoms with Crippen molar-refractivity contribution in [3.8, 4) is 5.75 Å². The maximum absolute atomic E-state index is 12.1. The molecule has 0 radical (unpaired) electrons. The van der Waals surface area contributed by atoms with Gasteiger partial charge in [0, 0.05) is 0 Å². The lowest BCUT2D eigenvalue weighted by molar-refractivity contribution is 0.157. The predicted molar refractivity (Wildman–Crippen MR) is 112 cm³/mol. The molecule has 0 unspecified atom stereocenters. The zero-order chi connectivity index (χ0) is 18.9. The summed E-state index contributed by atoms with van der Waals surface area (Å²) in [5, 5.41) is 0. The third kappa shape index (κ3) is 6.09. The highest BCUT2D eigenvalue weighted by Crippen LogP contribution is 2.44. The van der Waals surface area contributed by atoms with Gasteiger partial charge in [-0.25, -0.2) is 4.39 Å². The zero-order valence-corrected chi connectivity index (χ0v) is 17.0. The fourth-order valence-corrected chi connectivity index (χ4v) is 5.32. The summed E-state index contributed by atoms with van der Waals surface area (Å²) in [5.74, 6) is 4.48. The van der Waals surface area contributed by atoms with Crippen LogP contribution in [0, 0.1) is 17.8 Å². The molecule has 2 heteroatoms. The van der Waals surface area contributed by atoms with Crippen LogP contribution >= 0.6 is 0 Å². The highest BCUT2D eigenvalue weighted by Gasteiger charge is 2.31. The molecule has 0 saturated heterocycles. The van der Waals surface area contributed by atoms with E-state index >= 15 is 0 Å². The lowest BCUT2D eigenvalue weighted by Crippen LogP contribution is -2.25. The third-order valence-electron chi connectivity index (χ3n) is 6.98. The first-order valence-electron chi connectivity index (χ1n) is 11.3. The van der Waals surface area contributed by atoms with Crippen molar-refractivity contribution in [1.29, 1.82) is 0 Å². The van der Waals surface area contributed by atoms with Gasteiger partial charge in [-0.15, -0.1) is 0 Å². The van der Waals surface area contributed by atoms with E-state index < -0.39 is 0 Å². The van der Waals surface area contributed by atoms with Crippen molar-refractivity contribution in [3.63, 3.8) is 0 Å². The van der Waals surface area contributed by atoms with E-state index in [4.69, 9.17) is 4.74 Å². The molecule has 1 aromatic carbocycles. The Balaban J connectivity index is 1.40. The number of allylic oxidation sites excluding steroid dienone is 1. The van der Waals surface area contributed by atoms with Crippen LogP contribution in [0.1, 0.15) is 89.0 Å². The molecule has 0 bridgehead atoms. The first-order chi connectivity index (χ1) is 13.3. The Morgan fingerprint density at radius 2 is 1.56 bits per heavy atom. The van der Waals surface area contributed by atoms with Crippen molar-refractivity contribution in [2.45, 2.75) is 83.5 Å².